The van der Waals surface area contributed by atoms with Gasteiger partial charge in [0.05, 0.1) is 11.9 Å². The summed E-state index contributed by atoms with van der Waals surface area (Å²) in [5.74, 6) is 1.34. The highest BCUT2D eigenvalue weighted by molar-refractivity contribution is 7.98. The third kappa shape index (κ3) is 6.59. The molecule has 146 valence electrons. The normalized spacial score (nSPS) is 12.4. The molecule has 0 saturated carbocycles. The van der Waals surface area contributed by atoms with Crippen LogP contribution in [0.5, 0.6) is 0 Å². The molecule has 0 aromatic heterocycles. The van der Waals surface area contributed by atoms with Crippen LogP contribution in [0.25, 0.3) is 0 Å². The van der Waals surface area contributed by atoms with Gasteiger partial charge in [-0.3, -0.25) is 9.10 Å². The maximum absolute atomic E-state index is 12.5. The minimum Gasteiger partial charge on any atom is -0.353 e. The zero-order chi connectivity index (χ0) is 19.9. The summed E-state index contributed by atoms with van der Waals surface area (Å²) >= 11 is 1.73. The van der Waals surface area contributed by atoms with Gasteiger partial charge in [-0.05, 0) is 31.5 Å². The van der Waals surface area contributed by atoms with Crippen LogP contribution in [0.3, 0.4) is 0 Å². The van der Waals surface area contributed by atoms with Gasteiger partial charge in [0.25, 0.3) is 0 Å². The lowest BCUT2D eigenvalue weighted by molar-refractivity contribution is -0.121. The molecule has 0 bridgehead atoms. The number of anilines is 1. The monoisotopic (exact) mass is 406 g/mol. The summed E-state index contributed by atoms with van der Waals surface area (Å²) in [6, 6.07) is 16.2. The van der Waals surface area contributed by atoms with Crippen molar-refractivity contribution in [2.45, 2.75) is 25.6 Å². The van der Waals surface area contributed by atoms with Crippen LogP contribution >= 0.6 is 11.8 Å². The number of thioether (sulfide) groups is 1. The molecule has 2 rings (SSSR count). The molecular weight excluding hydrogens is 380 g/mol. The largest absolute Gasteiger partial charge is 0.353 e. The van der Waals surface area contributed by atoms with Crippen LogP contribution in [0.1, 0.15) is 18.1 Å². The minimum absolute atomic E-state index is 0.305. The Labute approximate surface area is 166 Å². The van der Waals surface area contributed by atoms with Crippen molar-refractivity contribution in [3.63, 3.8) is 0 Å². The zero-order valence-electron chi connectivity index (χ0n) is 15.9. The molecule has 7 heteroatoms. The Balaban J connectivity index is 1.86. The quantitative estimate of drug-likeness (QED) is 0.650. The van der Waals surface area contributed by atoms with Gasteiger partial charge in [-0.15, -0.1) is 0 Å². The predicted molar refractivity (Wildman–Crippen MR) is 114 cm³/mol. The van der Waals surface area contributed by atoms with E-state index in [0.29, 0.717) is 12.2 Å². The van der Waals surface area contributed by atoms with Crippen molar-refractivity contribution in [3.05, 3.63) is 65.7 Å². The molecule has 27 heavy (non-hydrogen) atoms. The SMILES string of the molecule is Cc1cccc(CSCCNC(=O)[C@@H](C)N(c2ccccc2)S(C)(=O)=O)c1. The molecule has 2 aromatic rings. The molecule has 0 radical (unpaired) electrons. The maximum Gasteiger partial charge on any atom is 0.243 e. The van der Waals surface area contributed by atoms with Crippen LogP contribution in [0.15, 0.2) is 54.6 Å². The fourth-order valence-electron chi connectivity index (χ4n) is 2.77. The average Bonchev–Trinajstić information content (AvgIpc) is 2.61. The van der Waals surface area contributed by atoms with Crippen LogP contribution < -0.4 is 9.62 Å². The number of rotatable bonds is 9. The van der Waals surface area contributed by atoms with Crippen molar-refractivity contribution in [2.75, 3.05) is 22.9 Å². The topological polar surface area (TPSA) is 66.5 Å². The molecule has 2 aromatic carbocycles. The van der Waals surface area contributed by atoms with E-state index in [2.05, 4.69) is 30.4 Å². The lowest BCUT2D eigenvalue weighted by atomic mass is 10.2. The van der Waals surface area contributed by atoms with Crippen LogP contribution in [0.4, 0.5) is 5.69 Å². The van der Waals surface area contributed by atoms with E-state index in [1.165, 1.54) is 11.1 Å². The highest BCUT2D eigenvalue weighted by Crippen LogP contribution is 2.20. The van der Waals surface area contributed by atoms with E-state index in [4.69, 9.17) is 0 Å². The van der Waals surface area contributed by atoms with Gasteiger partial charge >= 0.3 is 0 Å². The van der Waals surface area contributed by atoms with Crippen molar-refractivity contribution < 1.29 is 13.2 Å². The zero-order valence-corrected chi connectivity index (χ0v) is 17.5. The van der Waals surface area contributed by atoms with Crippen molar-refractivity contribution in [1.29, 1.82) is 0 Å². The first-order chi connectivity index (χ1) is 12.8. The van der Waals surface area contributed by atoms with E-state index >= 15 is 0 Å². The second-order valence-corrected chi connectivity index (χ2v) is 9.37. The molecule has 0 unspecified atom stereocenters. The number of hydrogen-bond donors (Lipinski definition) is 1. The van der Waals surface area contributed by atoms with Gasteiger partial charge in [0, 0.05) is 18.1 Å². The summed E-state index contributed by atoms with van der Waals surface area (Å²) in [6.07, 6.45) is 1.11. The number of nitrogens with zero attached hydrogens (tertiary/aromatic N) is 1. The van der Waals surface area contributed by atoms with E-state index in [9.17, 15) is 13.2 Å². The summed E-state index contributed by atoms with van der Waals surface area (Å²) in [4.78, 5) is 12.5. The molecule has 0 saturated heterocycles. The summed E-state index contributed by atoms with van der Waals surface area (Å²) in [7, 11) is -3.57. The smallest absolute Gasteiger partial charge is 0.243 e. The first-order valence-corrected chi connectivity index (χ1v) is 11.7. The average molecular weight is 407 g/mol. The Kier molecular flexibility index (Phi) is 7.74. The summed E-state index contributed by atoms with van der Waals surface area (Å²) in [5, 5.41) is 2.84. The molecule has 0 aliphatic heterocycles. The molecule has 1 N–H and O–H groups in total. The molecule has 0 heterocycles. The Morgan fingerprint density at radius 2 is 1.85 bits per heavy atom. The Bertz CT molecular complexity index is 855. The predicted octanol–water partition coefficient (Wildman–Crippen LogP) is 3.20. The highest BCUT2D eigenvalue weighted by Gasteiger charge is 2.28. The summed E-state index contributed by atoms with van der Waals surface area (Å²) in [6.45, 7) is 4.16. The molecule has 5 nitrogen and oxygen atoms in total. The van der Waals surface area contributed by atoms with Gasteiger partial charge in [0.2, 0.25) is 15.9 Å². The van der Waals surface area contributed by atoms with Crippen molar-refractivity contribution in [1.82, 2.24) is 5.32 Å². The second-order valence-electron chi connectivity index (χ2n) is 6.40. The number of amides is 1. The number of hydrogen-bond acceptors (Lipinski definition) is 4. The lowest BCUT2D eigenvalue weighted by Gasteiger charge is -2.28. The molecule has 0 fully saturated rings. The molecule has 1 amide bonds. The fourth-order valence-corrected chi connectivity index (χ4v) is 4.75. The highest BCUT2D eigenvalue weighted by atomic mass is 32.2. The van der Waals surface area contributed by atoms with Crippen molar-refractivity contribution in [3.8, 4) is 0 Å². The number of nitrogens with one attached hydrogen (secondary N) is 1. The third-order valence-electron chi connectivity index (χ3n) is 4.00. The van der Waals surface area contributed by atoms with E-state index in [-0.39, 0.29) is 5.91 Å². The Morgan fingerprint density at radius 1 is 1.15 bits per heavy atom. The number of aryl methyl sites for hydroxylation is 1. The van der Waals surface area contributed by atoms with Gasteiger partial charge in [-0.25, -0.2) is 8.42 Å². The Morgan fingerprint density at radius 3 is 2.48 bits per heavy atom. The van der Waals surface area contributed by atoms with Crippen LogP contribution in [0, 0.1) is 6.92 Å². The molecule has 0 aliphatic carbocycles. The van der Waals surface area contributed by atoms with E-state index in [1.807, 2.05) is 6.07 Å². The minimum atomic E-state index is -3.57. The van der Waals surface area contributed by atoms with E-state index in [1.54, 1.807) is 49.0 Å². The number of carbonyl (C=O) groups excluding carboxylic acids is 1. The molecular formula is C20H26N2O3S2. The number of carbonyl (C=O) groups is 1. The van der Waals surface area contributed by atoms with Crippen LogP contribution in [0.2, 0.25) is 0 Å². The number of sulfonamides is 1. The van der Waals surface area contributed by atoms with E-state index in [0.717, 1.165) is 22.1 Å². The Hall–Kier alpha value is -1.99. The van der Waals surface area contributed by atoms with E-state index < -0.39 is 16.1 Å². The molecule has 1 atom stereocenters. The first-order valence-electron chi connectivity index (χ1n) is 8.74. The fraction of sp³-hybridized carbons (Fsp3) is 0.350. The summed E-state index contributed by atoms with van der Waals surface area (Å²) in [5.41, 5.74) is 2.97. The van der Waals surface area contributed by atoms with Gasteiger partial charge in [0.1, 0.15) is 6.04 Å². The standard InChI is InChI=1S/C20H26N2O3S2/c1-16-8-7-9-18(14-16)15-26-13-12-21-20(23)17(2)22(27(3,24)25)19-10-5-4-6-11-19/h4-11,14,17H,12-13,15H2,1-3H3,(H,21,23)/t17-/m1/s1. The van der Waals surface area contributed by atoms with Crippen molar-refractivity contribution >= 4 is 33.4 Å². The van der Waals surface area contributed by atoms with Gasteiger partial charge in [-0.2, -0.15) is 11.8 Å². The van der Waals surface area contributed by atoms with Gasteiger partial charge in [0.15, 0.2) is 0 Å². The third-order valence-corrected chi connectivity index (χ3v) is 6.27. The number of para-hydroxylation sites is 1. The first kappa shape index (κ1) is 21.3. The van der Waals surface area contributed by atoms with Gasteiger partial charge < -0.3 is 5.32 Å². The lowest BCUT2D eigenvalue weighted by Crippen LogP contribution is -2.48. The van der Waals surface area contributed by atoms with Gasteiger partial charge in [-0.1, -0.05) is 48.0 Å². The van der Waals surface area contributed by atoms with Crippen LogP contribution in [-0.2, 0) is 20.6 Å². The molecule has 0 spiro atoms. The number of benzene rings is 2. The second kappa shape index (κ2) is 9.80. The van der Waals surface area contributed by atoms with Crippen LogP contribution in [-0.4, -0.2) is 38.9 Å². The maximum atomic E-state index is 12.5. The van der Waals surface area contributed by atoms with Crippen molar-refractivity contribution in [2.24, 2.45) is 0 Å². The molecule has 0 aliphatic rings. The summed E-state index contributed by atoms with van der Waals surface area (Å²) < 4.78 is 25.5.